The zero-order valence-corrected chi connectivity index (χ0v) is 8.46. The van der Waals surface area contributed by atoms with Gasteiger partial charge in [0.15, 0.2) is 0 Å². The van der Waals surface area contributed by atoms with E-state index in [9.17, 15) is 18.3 Å². The Morgan fingerprint density at radius 2 is 1.75 bits per heavy atom. The minimum atomic E-state index is -4.29. The van der Waals surface area contributed by atoms with Crippen LogP contribution in [0.15, 0.2) is 30.3 Å². The van der Waals surface area contributed by atoms with Gasteiger partial charge < -0.3 is 5.11 Å². The van der Waals surface area contributed by atoms with Crippen molar-refractivity contribution < 1.29 is 18.3 Å². The van der Waals surface area contributed by atoms with E-state index in [2.05, 4.69) is 0 Å². The molecule has 1 unspecified atom stereocenters. The van der Waals surface area contributed by atoms with Crippen LogP contribution in [0.1, 0.15) is 24.0 Å². The molecule has 0 aromatic heterocycles. The van der Waals surface area contributed by atoms with Crippen molar-refractivity contribution in [2.24, 2.45) is 0 Å². The summed E-state index contributed by atoms with van der Waals surface area (Å²) in [5.41, 5.74) is 1.03. The number of benzene rings is 1. The Morgan fingerprint density at radius 3 is 2.19 bits per heavy atom. The lowest BCUT2D eigenvalue weighted by molar-refractivity contribution is -0.137. The summed E-state index contributed by atoms with van der Waals surface area (Å²) in [6.07, 6.45) is -1.69. The Balaban J connectivity index is 2.23. The number of hydrogen-bond donors (Lipinski definition) is 1. The molecular formula is C12H11F3O. The van der Waals surface area contributed by atoms with Gasteiger partial charge in [0.05, 0.1) is 11.7 Å². The molecule has 4 heteroatoms. The molecule has 0 saturated carbocycles. The van der Waals surface area contributed by atoms with Crippen LogP contribution in [-0.2, 0) is 6.18 Å². The minimum absolute atomic E-state index is 0.461. The average Bonchev–Trinajstić information content (AvgIpc) is 2.64. The maximum absolute atomic E-state index is 12.3. The lowest BCUT2D eigenvalue weighted by Gasteiger charge is -2.07. The van der Waals surface area contributed by atoms with E-state index in [-0.39, 0.29) is 0 Å². The van der Waals surface area contributed by atoms with Crippen molar-refractivity contribution in [2.75, 3.05) is 0 Å². The highest BCUT2D eigenvalue weighted by Gasteiger charge is 2.30. The van der Waals surface area contributed by atoms with Crippen LogP contribution in [0.5, 0.6) is 0 Å². The first-order chi connectivity index (χ1) is 7.47. The second-order valence-electron chi connectivity index (χ2n) is 3.87. The van der Waals surface area contributed by atoms with Crippen molar-refractivity contribution in [3.8, 4) is 0 Å². The number of aliphatic hydroxyl groups is 1. The van der Waals surface area contributed by atoms with E-state index in [4.69, 9.17) is 0 Å². The topological polar surface area (TPSA) is 20.2 Å². The van der Waals surface area contributed by atoms with Crippen molar-refractivity contribution in [3.05, 3.63) is 41.5 Å². The fraction of sp³-hybridized carbons (Fsp3) is 0.333. The Bertz CT molecular complexity index is 403. The maximum Gasteiger partial charge on any atom is 0.416 e. The van der Waals surface area contributed by atoms with Crippen LogP contribution in [-0.4, -0.2) is 11.2 Å². The molecule has 1 aliphatic rings. The molecule has 0 saturated heterocycles. The molecular weight excluding hydrogens is 217 g/mol. The first-order valence-corrected chi connectivity index (χ1v) is 5.03. The molecule has 86 valence electrons. The predicted octanol–water partition coefficient (Wildman–Crippen LogP) is 3.24. The zero-order valence-electron chi connectivity index (χ0n) is 8.46. The SMILES string of the molecule is OC1C=C(c2ccc(C(F)(F)F)cc2)CC1. The lowest BCUT2D eigenvalue weighted by Crippen LogP contribution is -2.04. The molecule has 1 aliphatic carbocycles. The number of aliphatic hydroxyl groups excluding tert-OH is 1. The van der Waals surface area contributed by atoms with Gasteiger partial charge in [-0.3, -0.25) is 0 Å². The molecule has 2 rings (SSSR count). The van der Waals surface area contributed by atoms with Gasteiger partial charge in [0, 0.05) is 0 Å². The van der Waals surface area contributed by atoms with Crippen LogP contribution in [0.25, 0.3) is 5.57 Å². The number of alkyl halides is 3. The van der Waals surface area contributed by atoms with E-state index >= 15 is 0 Å². The molecule has 0 radical (unpaired) electrons. The normalized spacial score (nSPS) is 21.0. The summed E-state index contributed by atoms with van der Waals surface area (Å²) in [6, 6.07) is 5.04. The van der Waals surface area contributed by atoms with Gasteiger partial charge in [0.1, 0.15) is 0 Å². The largest absolute Gasteiger partial charge is 0.416 e. The summed E-state index contributed by atoms with van der Waals surface area (Å²) >= 11 is 0. The fourth-order valence-corrected chi connectivity index (χ4v) is 1.82. The van der Waals surface area contributed by atoms with Gasteiger partial charge in [0.2, 0.25) is 0 Å². The van der Waals surface area contributed by atoms with Crippen LogP contribution in [0.3, 0.4) is 0 Å². The van der Waals surface area contributed by atoms with E-state index in [1.807, 2.05) is 0 Å². The highest BCUT2D eigenvalue weighted by molar-refractivity contribution is 5.68. The fourth-order valence-electron chi connectivity index (χ4n) is 1.82. The van der Waals surface area contributed by atoms with Crippen LogP contribution < -0.4 is 0 Å². The van der Waals surface area contributed by atoms with Gasteiger partial charge in [-0.2, -0.15) is 13.2 Å². The molecule has 0 bridgehead atoms. The monoisotopic (exact) mass is 228 g/mol. The number of halogens is 3. The molecule has 0 spiro atoms. The highest BCUT2D eigenvalue weighted by Crippen LogP contribution is 2.32. The molecule has 16 heavy (non-hydrogen) atoms. The lowest BCUT2D eigenvalue weighted by atomic mass is 10.0. The summed E-state index contributed by atoms with van der Waals surface area (Å²) in [5.74, 6) is 0. The summed E-state index contributed by atoms with van der Waals surface area (Å²) in [7, 11) is 0. The third-order valence-electron chi connectivity index (χ3n) is 2.69. The Morgan fingerprint density at radius 1 is 1.12 bits per heavy atom. The summed E-state index contributed by atoms with van der Waals surface area (Å²) in [5, 5.41) is 9.29. The van der Waals surface area contributed by atoms with Gasteiger partial charge in [-0.05, 0) is 36.1 Å². The molecule has 0 amide bonds. The first-order valence-electron chi connectivity index (χ1n) is 5.03. The van der Waals surface area contributed by atoms with Crippen molar-refractivity contribution in [3.63, 3.8) is 0 Å². The number of hydrogen-bond acceptors (Lipinski definition) is 1. The molecule has 1 atom stereocenters. The zero-order chi connectivity index (χ0) is 11.8. The third kappa shape index (κ3) is 2.27. The molecule has 1 aromatic carbocycles. The quantitative estimate of drug-likeness (QED) is 0.782. The van der Waals surface area contributed by atoms with Crippen molar-refractivity contribution >= 4 is 5.57 Å². The smallest absolute Gasteiger partial charge is 0.389 e. The minimum Gasteiger partial charge on any atom is -0.389 e. The van der Waals surface area contributed by atoms with Crippen LogP contribution in [0, 0.1) is 0 Å². The molecule has 0 fully saturated rings. The van der Waals surface area contributed by atoms with E-state index in [1.165, 1.54) is 12.1 Å². The van der Waals surface area contributed by atoms with Crippen molar-refractivity contribution in [1.29, 1.82) is 0 Å². The van der Waals surface area contributed by atoms with Gasteiger partial charge in [-0.1, -0.05) is 18.2 Å². The second-order valence-corrected chi connectivity index (χ2v) is 3.87. The Hall–Kier alpha value is -1.29. The molecule has 0 aliphatic heterocycles. The van der Waals surface area contributed by atoms with E-state index in [1.54, 1.807) is 6.08 Å². The molecule has 1 aromatic rings. The van der Waals surface area contributed by atoms with Crippen molar-refractivity contribution in [1.82, 2.24) is 0 Å². The summed E-state index contributed by atoms with van der Waals surface area (Å²) in [4.78, 5) is 0. The van der Waals surface area contributed by atoms with Gasteiger partial charge in [-0.15, -0.1) is 0 Å². The van der Waals surface area contributed by atoms with Crippen LogP contribution in [0.4, 0.5) is 13.2 Å². The number of rotatable bonds is 1. The summed E-state index contributed by atoms with van der Waals surface area (Å²) in [6.45, 7) is 0. The van der Waals surface area contributed by atoms with Crippen LogP contribution in [0.2, 0.25) is 0 Å². The first kappa shape index (κ1) is 11.2. The Kier molecular flexibility index (Phi) is 2.76. The second kappa shape index (κ2) is 3.94. The molecule has 1 nitrogen and oxygen atoms in total. The van der Waals surface area contributed by atoms with E-state index in [0.717, 1.165) is 23.3 Å². The standard InChI is InChI=1S/C12H11F3O/c13-12(14,15)10-4-1-8(2-5-10)9-3-6-11(16)7-9/h1-2,4-5,7,11,16H,3,6H2. The van der Waals surface area contributed by atoms with Gasteiger partial charge in [0.25, 0.3) is 0 Å². The average molecular weight is 228 g/mol. The number of allylic oxidation sites excluding steroid dienone is 1. The van der Waals surface area contributed by atoms with Gasteiger partial charge >= 0.3 is 6.18 Å². The molecule has 0 heterocycles. The van der Waals surface area contributed by atoms with Crippen LogP contribution >= 0.6 is 0 Å². The summed E-state index contributed by atoms with van der Waals surface area (Å²) < 4.78 is 36.9. The maximum atomic E-state index is 12.3. The highest BCUT2D eigenvalue weighted by atomic mass is 19.4. The third-order valence-corrected chi connectivity index (χ3v) is 2.69. The predicted molar refractivity (Wildman–Crippen MR) is 54.7 cm³/mol. The van der Waals surface area contributed by atoms with E-state index < -0.39 is 17.8 Å². The van der Waals surface area contributed by atoms with Gasteiger partial charge in [-0.25, -0.2) is 0 Å². The Labute approximate surface area is 91.2 Å². The van der Waals surface area contributed by atoms with E-state index in [0.29, 0.717) is 12.8 Å². The van der Waals surface area contributed by atoms with Crippen molar-refractivity contribution in [2.45, 2.75) is 25.1 Å². The molecule has 1 N–H and O–H groups in total.